The van der Waals surface area contributed by atoms with E-state index >= 15 is 0 Å². The molecule has 3 nitrogen and oxygen atoms in total. The zero-order valence-corrected chi connectivity index (χ0v) is 8.20. The highest BCUT2D eigenvalue weighted by atomic mass is 32.2. The zero-order chi connectivity index (χ0) is 8.69. The molecular formula is C7H16N2OS. The Kier molecular flexibility index (Phi) is 6.36. The van der Waals surface area contributed by atoms with Gasteiger partial charge in [0.15, 0.2) is 0 Å². The molecule has 0 aliphatic heterocycles. The molecule has 0 aromatic heterocycles. The van der Waals surface area contributed by atoms with Gasteiger partial charge in [-0.25, -0.2) is 0 Å². The molecule has 0 unspecified atom stereocenters. The topological polar surface area (TPSA) is 32.3 Å². The number of hydrogen-bond acceptors (Lipinski definition) is 3. The van der Waals surface area contributed by atoms with Gasteiger partial charge in [-0.3, -0.25) is 4.79 Å². The highest BCUT2D eigenvalue weighted by Gasteiger charge is 1.97. The number of hydrogen-bond donors (Lipinski definition) is 1. The minimum Gasteiger partial charge on any atom is -0.346 e. The standard InChI is InChI=1S/C7H16N2OS/c1-4-11-7(10)8-5-6-9(2)3/h4-6H2,1-3H3,(H,8,10). The molecule has 11 heavy (non-hydrogen) atoms. The third-order valence-corrected chi connectivity index (χ3v) is 1.80. The number of carbonyl (C=O) groups excluding carboxylic acids is 1. The van der Waals surface area contributed by atoms with Crippen LogP contribution in [0.4, 0.5) is 4.79 Å². The lowest BCUT2D eigenvalue weighted by Crippen LogP contribution is -2.28. The molecule has 0 bridgehead atoms. The number of thioether (sulfide) groups is 1. The van der Waals surface area contributed by atoms with Crippen LogP contribution in [0.5, 0.6) is 0 Å². The predicted octanol–water partition coefficient (Wildman–Crippen LogP) is 1.01. The highest BCUT2D eigenvalue weighted by molar-refractivity contribution is 8.13. The average Bonchev–Trinajstić information content (AvgIpc) is 1.87. The molecule has 0 aromatic carbocycles. The van der Waals surface area contributed by atoms with Crippen LogP contribution >= 0.6 is 11.8 Å². The van der Waals surface area contributed by atoms with Gasteiger partial charge in [-0.2, -0.15) is 0 Å². The first-order chi connectivity index (χ1) is 5.16. The summed E-state index contributed by atoms with van der Waals surface area (Å²) in [6.07, 6.45) is 0. The van der Waals surface area contributed by atoms with E-state index in [4.69, 9.17) is 0 Å². The Balaban J connectivity index is 3.17. The molecule has 0 saturated heterocycles. The summed E-state index contributed by atoms with van der Waals surface area (Å²) < 4.78 is 0. The van der Waals surface area contributed by atoms with E-state index < -0.39 is 0 Å². The first kappa shape index (κ1) is 10.8. The molecule has 0 aromatic rings. The molecule has 0 radical (unpaired) electrons. The Bertz CT molecular complexity index is 117. The number of amides is 1. The molecule has 4 heteroatoms. The SMILES string of the molecule is CCSC(=O)NCCN(C)C. The fourth-order valence-electron chi connectivity index (χ4n) is 0.564. The molecule has 0 saturated carbocycles. The molecule has 66 valence electrons. The van der Waals surface area contributed by atoms with Crippen molar-refractivity contribution in [3.8, 4) is 0 Å². The van der Waals surface area contributed by atoms with E-state index in [1.54, 1.807) is 0 Å². The zero-order valence-electron chi connectivity index (χ0n) is 7.39. The quantitative estimate of drug-likeness (QED) is 0.694. The highest BCUT2D eigenvalue weighted by Crippen LogP contribution is 1.97. The van der Waals surface area contributed by atoms with Crippen LogP contribution < -0.4 is 5.32 Å². The second-order valence-corrected chi connectivity index (χ2v) is 3.69. The largest absolute Gasteiger partial charge is 0.346 e. The summed E-state index contributed by atoms with van der Waals surface area (Å²) in [5.41, 5.74) is 0. The molecule has 0 fully saturated rings. The third-order valence-electron chi connectivity index (χ3n) is 1.10. The van der Waals surface area contributed by atoms with Crippen LogP contribution in [0.15, 0.2) is 0 Å². The van der Waals surface area contributed by atoms with E-state index in [0.29, 0.717) is 0 Å². The molecule has 0 aliphatic carbocycles. The lowest BCUT2D eigenvalue weighted by atomic mass is 10.6. The van der Waals surface area contributed by atoms with Gasteiger partial charge in [0.05, 0.1) is 0 Å². The molecular weight excluding hydrogens is 160 g/mol. The van der Waals surface area contributed by atoms with Gasteiger partial charge >= 0.3 is 0 Å². The van der Waals surface area contributed by atoms with Crippen LogP contribution in [0.2, 0.25) is 0 Å². The summed E-state index contributed by atoms with van der Waals surface area (Å²) >= 11 is 1.31. The van der Waals surface area contributed by atoms with E-state index in [1.165, 1.54) is 11.8 Å². The summed E-state index contributed by atoms with van der Waals surface area (Å²) in [5, 5.41) is 2.88. The summed E-state index contributed by atoms with van der Waals surface area (Å²) in [7, 11) is 3.97. The monoisotopic (exact) mass is 176 g/mol. The Labute approximate surface area is 72.5 Å². The van der Waals surface area contributed by atoms with Gasteiger partial charge in [-0.15, -0.1) is 0 Å². The predicted molar refractivity (Wildman–Crippen MR) is 50.1 cm³/mol. The molecule has 0 atom stereocenters. The van der Waals surface area contributed by atoms with Crippen LogP contribution in [-0.4, -0.2) is 43.1 Å². The van der Waals surface area contributed by atoms with Crippen molar-refractivity contribution in [1.29, 1.82) is 0 Å². The smallest absolute Gasteiger partial charge is 0.279 e. The van der Waals surface area contributed by atoms with Gasteiger partial charge in [-0.1, -0.05) is 18.7 Å². The molecule has 1 N–H and O–H groups in total. The number of nitrogens with zero attached hydrogens (tertiary/aromatic N) is 1. The summed E-state index contributed by atoms with van der Waals surface area (Å²) in [4.78, 5) is 12.9. The summed E-state index contributed by atoms with van der Waals surface area (Å²) in [5.74, 6) is 0.841. The van der Waals surface area contributed by atoms with Gasteiger partial charge < -0.3 is 10.2 Å². The number of likely N-dealkylation sites (N-methyl/N-ethyl adjacent to an activating group) is 1. The summed E-state index contributed by atoms with van der Waals surface area (Å²) in [6, 6.07) is 0. The fourth-order valence-corrected chi connectivity index (χ4v) is 1.03. The molecule has 0 rings (SSSR count). The van der Waals surface area contributed by atoms with Crippen molar-refractivity contribution < 1.29 is 4.79 Å². The lowest BCUT2D eigenvalue weighted by molar-refractivity contribution is 0.259. The van der Waals surface area contributed by atoms with E-state index in [2.05, 4.69) is 5.32 Å². The number of carbonyl (C=O) groups is 1. The van der Waals surface area contributed by atoms with Crippen molar-refractivity contribution in [3.05, 3.63) is 0 Å². The van der Waals surface area contributed by atoms with Gasteiger partial charge in [-0.05, 0) is 19.8 Å². The minimum absolute atomic E-state index is 0.0781. The van der Waals surface area contributed by atoms with Gasteiger partial charge in [0.25, 0.3) is 5.24 Å². The molecule has 0 spiro atoms. The van der Waals surface area contributed by atoms with Crippen molar-refractivity contribution in [1.82, 2.24) is 10.2 Å². The lowest BCUT2D eigenvalue weighted by Gasteiger charge is -2.09. The van der Waals surface area contributed by atoms with E-state index in [1.807, 2.05) is 25.9 Å². The van der Waals surface area contributed by atoms with Crippen LogP contribution in [0.1, 0.15) is 6.92 Å². The first-order valence-electron chi connectivity index (χ1n) is 3.72. The Hall–Kier alpha value is -0.220. The van der Waals surface area contributed by atoms with E-state index in [-0.39, 0.29) is 5.24 Å². The Morgan fingerprint density at radius 3 is 2.64 bits per heavy atom. The van der Waals surface area contributed by atoms with Crippen molar-refractivity contribution >= 4 is 17.0 Å². The number of rotatable bonds is 4. The molecule has 0 aliphatic rings. The van der Waals surface area contributed by atoms with Crippen molar-refractivity contribution in [2.24, 2.45) is 0 Å². The minimum atomic E-state index is 0.0781. The van der Waals surface area contributed by atoms with Crippen LogP contribution in [0.3, 0.4) is 0 Å². The van der Waals surface area contributed by atoms with Crippen molar-refractivity contribution in [3.63, 3.8) is 0 Å². The van der Waals surface area contributed by atoms with Crippen LogP contribution in [0.25, 0.3) is 0 Å². The average molecular weight is 176 g/mol. The maximum atomic E-state index is 10.9. The third kappa shape index (κ3) is 7.68. The van der Waals surface area contributed by atoms with Gasteiger partial charge in [0, 0.05) is 13.1 Å². The van der Waals surface area contributed by atoms with Crippen molar-refractivity contribution in [2.75, 3.05) is 32.9 Å². The normalized spacial score (nSPS) is 10.2. The second-order valence-electron chi connectivity index (χ2n) is 2.45. The molecule has 1 amide bonds. The Morgan fingerprint density at radius 1 is 1.55 bits per heavy atom. The maximum Gasteiger partial charge on any atom is 0.279 e. The number of nitrogens with one attached hydrogen (secondary N) is 1. The van der Waals surface area contributed by atoms with E-state index in [0.717, 1.165) is 18.8 Å². The fraction of sp³-hybridized carbons (Fsp3) is 0.857. The first-order valence-corrected chi connectivity index (χ1v) is 4.70. The van der Waals surface area contributed by atoms with Gasteiger partial charge in [0.1, 0.15) is 0 Å². The molecule has 0 heterocycles. The summed E-state index contributed by atoms with van der Waals surface area (Å²) in [6.45, 7) is 3.60. The van der Waals surface area contributed by atoms with Gasteiger partial charge in [0.2, 0.25) is 0 Å². The maximum absolute atomic E-state index is 10.9. The van der Waals surface area contributed by atoms with E-state index in [9.17, 15) is 4.79 Å². The second kappa shape index (κ2) is 6.49. The van der Waals surface area contributed by atoms with Crippen LogP contribution in [-0.2, 0) is 0 Å². The Morgan fingerprint density at radius 2 is 2.18 bits per heavy atom. The van der Waals surface area contributed by atoms with Crippen LogP contribution in [0, 0.1) is 0 Å². The van der Waals surface area contributed by atoms with Crippen molar-refractivity contribution in [2.45, 2.75) is 6.92 Å².